The Morgan fingerprint density at radius 2 is 2.07 bits per heavy atom. The van der Waals surface area contributed by atoms with E-state index in [1.165, 1.54) is 18.2 Å². The predicted molar refractivity (Wildman–Crippen MR) is 86.3 cm³/mol. The quantitative estimate of drug-likeness (QED) is 0.393. The van der Waals surface area contributed by atoms with Gasteiger partial charge in [0, 0.05) is 0 Å². The molecular formula is C14H17N3O9S. The highest BCUT2D eigenvalue weighted by atomic mass is 32.3. The zero-order chi connectivity index (χ0) is 19.9. The highest BCUT2D eigenvalue weighted by molar-refractivity contribution is 7.80. The molecule has 1 saturated heterocycles. The molecular weight excluding hydrogens is 386 g/mol. The number of primary amides is 1. The monoisotopic (exact) mass is 403 g/mol. The molecule has 2 aliphatic rings. The summed E-state index contributed by atoms with van der Waals surface area (Å²) in [7, 11) is -4.98. The van der Waals surface area contributed by atoms with Crippen molar-refractivity contribution in [2.24, 2.45) is 5.73 Å². The molecule has 13 heteroatoms. The summed E-state index contributed by atoms with van der Waals surface area (Å²) in [5.41, 5.74) is 6.09. The Hall–Kier alpha value is -2.45. The van der Waals surface area contributed by atoms with Gasteiger partial charge in [-0.2, -0.15) is 13.5 Å². The minimum absolute atomic E-state index is 0.0995. The third-order valence-corrected chi connectivity index (χ3v) is 4.56. The molecule has 2 aliphatic heterocycles. The van der Waals surface area contributed by atoms with E-state index < -0.39 is 47.1 Å². The number of benzene rings is 1. The van der Waals surface area contributed by atoms with Crippen LogP contribution in [0.3, 0.4) is 0 Å². The minimum Gasteiger partial charge on any atom is -0.491 e. The van der Waals surface area contributed by atoms with Gasteiger partial charge >= 0.3 is 16.4 Å². The highest BCUT2D eigenvalue weighted by Gasteiger charge is 2.51. The topological polar surface area (TPSA) is 180 Å². The standard InChI is InChI=1S/C14H17N3O9S/c15-13(20)12-9-2-1-8(25-6-7(19)5-18)3-10(9)11-4-16(12)14(21)17(11)26-27(22,23)24/h1-3,7,11-12,18-19H,4-6H2,(H2,15,20)(H,22,23,24). The molecule has 1 aromatic carbocycles. The van der Waals surface area contributed by atoms with Gasteiger partial charge in [-0.1, -0.05) is 6.07 Å². The molecule has 5 N–H and O–H groups in total. The van der Waals surface area contributed by atoms with E-state index in [0.29, 0.717) is 16.2 Å². The molecule has 2 bridgehead atoms. The van der Waals surface area contributed by atoms with Crippen molar-refractivity contribution in [3.8, 4) is 5.75 Å². The number of carbonyl (C=O) groups is 2. The van der Waals surface area contributed by atoms with Gasteiger partial charge in [-0.25, -0.2) is 4.79 Å². The highest BCUT2D eigenvalue weighted by Crippen LogP contribution is 2.45. The van der Waals surface area contributed by atoms with Crippen LogP contribution in [0.5, 0.6) is 5.75 Å². The zero-order valence-corrected chi connectivity index (χ0v) is 14.6. The SMILES string of the molecule is NC(=O)C1c2ccc(OCC(O)CO)cc2C2CN1C(=O)N2OS(=O)(=O)O. The summed E-state index contributed by atoms with van der Waals surface area (Å²) in [4.78, 5) is 25.4. The van der Waals surface area contributed by atoms with Gasteiger partial charge < -0.3 is 25.6 Å². The molecule has 0 spiro atoms. The maximum Gasteiger partial charge on any atom is 0.418 e. The molecule has 1 aromatic rings. The summed E-state index contributed by atoms with van der Waals surface area (Å²) >= 11 is 0. The van der Waals surface area contributed by atoms with Crippen LogP contribution < -0.4 is 10.5 Å². The molecule has 0 saturated carbocycles. The van der Waals surface area contributed by atoms with E-state index in [1.54, 1.807) is 0 Å². The van der Waals surface area contributed by atoms with Crippen LogP contribution in [0.1, 0.15) is 23.2 Å². The van der Waals surface area contributed by atoms with Crippen molar-refractivity contribution < 1.29 is 41.8 Å². The van der Waals surface area contributed by atoms with Crippen LogP contribution in [-0.2, 0) is 19.5 Å². The van der Waals surface area contributed by atoms with Gasteiger partial charge in [-0.3, -0.25) is 9.35 Å². The summed E-state index contributed by atoms with van der Waals surface area (Å²) < 4.78 is 40.8. The lowest BCUT2D eigenvalue weighted by Gasteiger charge is -2.31. The zero-order valence-electron chi connectivity index (χ0n) is 13.8. The minimum atomic E-state index is -4.98. The molecule has 27 heavy (non-hydrogen) atoms. The second-order valence-corrected chi connectivity index (χ2v) is 7.03. The summed E-state index contributed by atoms with van der Waals surface area (Å²) in [5.74, 6) is -0.592. The van der Waals surface area contributed by atoms with Gasteiger partial charge in [-0.05, 0) is 23.3 Å². The normalized spacial score (nSPS) is 22.6. The lowest BCUT2D eigenvalue weighted by atomic mass is 9.90. The molecule has 2 heterocycles. The average Bonchev–Trinajstić information content (AvgIpc) is 2.85. The van der Waals surface area contributed by atoms with E-state index in [2.05, 4.69) is 4.28 Å². The first-order chi connectivity index (χ1) is 12.6. The first kappa shape index (κ1) is 19.3. The molecule has 3 rings (SSSR count). The molecule has 1 fully saturated rings. The van der Waals surface area contributed by atoms with Crippen LogP contribution in [0, 0.1) is 0 Å². The number of hydrogen-bond donors (Lipinski definition) is 4. The molecule has 3 amide bonds. The Morgan fingerprint density at radius 3 is 2.67 bits per heavy atom. The van der Waals surface area contributed by atoms with Crippen LogP contribution in [-0.4, -0.2) is 70.9 Å². The fourth-order valence-corrected chi connectivity index (χ4v) is 3.49. The van der Waals surface area contributed by atoms with Crippen molar-refractivity contribution in [2.45, 2.75) is 18.2 Å². The Labute approximate surface area is 153 Å². The molecule has 3 unspecified atom stereocenters. The number of aliphatic hydroxyl groups is 2. The van der Waals surface area contributed by atoms with E-state index in [9.17, 15) is 23.1 Å². The summed E-state index contributed by atoms with van der Waals surface area (Å²) in [6.07, 6.45) is -1.11. The number of aliphatic hydroxyl groups excluding tert-OH is 2. The maximum atomic E-state index is 12.4. The second kappa shape index (κ2) is 6.94. The van der Waals surface area contributed by atoms with Gasteiger partial charge in [0.25, 0.3) is 0 Å². The summed E-state index contributed by atoms with van der Waals surface area (Å²) in [5, 5.41) is 18.6. The van der Waals surface area contributed by atoms with Crippen molar-refractivity contribution in [1.82, 2.24) is 9.96 Å². The molecule has 12 nitrogen and oxygen atoms in total. The largest absolute Gasteiger partial charge is 0.491 e. The van der Waals surface area contributed by atoms with E-state index >= 15 is 0 Å². The maximum absolute atomic E-state index is 12.4. The second-order valence-electron chi connectivity index (χ2n) is 6.02. The number of fused-ring (bicyclic) bond motifs is 4. The smallest absolute Gasteiger partial charge is 0.418 e. The number of rotatable bonds is 7. The number of hydrogen-bond acceptors (Lipinski definition) is 8. The number of hydroxylamine groups is 2. The molecule has 0 aromatic heterocycles. The van der Waals surface area contributed by atoms with Gasteiger partial charge in [-0.15, -0.1) is 4.28 Å². The first-order valence-corrected chi connectivity index (χ1v) is 9.10. The number of amides is 3. The lowest BCUT2D eigenvalue weighted by Crippen LogP contribution is -2.41. The van der Waals surface area contributed by atoms with Crippen LogP contribution in [0.2, 0.25) is 0 Å². The Balaban J connectivity index is 2.00. The van der Waals surface area contributed by atoms with Gasteiger partial charge in [0.2, 0.25) is 5.91 Å². The van der Waals surface area contributed by atoms with E-state index in [4.69, 9.17) is 20.1 Å². The van der Waals surface area contributed by atoms with Crippen LogP contribution in [0.25, 0.3) is 0 Å². The number of nitrogens with two attached hydrogens (primary N) is 1. The van der Waals surface area contributed by atoms with Crippen molar-refractivity contribution >= 4 is 22.3 Å². The van der Waals surface area contributed by atoms with Crippen molar-refractivity contribution in [2.75, 3.05) is 19.8 Å². The van der Waals surface area contributed by atoms with Crippen LogP contribution in [0.4, 0.5) is 4.79 Å². The van der Waals surface area contributed by atoms with Crippen molar-refractivity contribution in [3.05, 3.63) is 29.3 Å². The third-order valence-electron chi connectivity index (χ3n) is 4.21. The number of carbonyl (C=O) groups excluding carboxylic acids is 2. The molecule has 0 aliphatic carbocycles. The van der Waals surface area contributed by atoms with E-state index in [-0.39, 0.29) is 18.9 Å². The van der Waals surface area contributed by atoms with Gasteiger partial charge in [0.05, 0.1) is 13.2 Å². The summed E-state index contributed by atoms with van der Waals surface area (Å²) in [6, 6.07) is 1.34. The molecule has 148 valence electrons. The van der Waals surface area contributed by atoms with Gasteiger partial charge in [0.1, 0.15) is 30.5 Å². The number of urea groups is 1. The van der Waals surface area contributed by atoms with Crippen molar-refractivity contribution in [1.29, 1.82) is 0 Å². The Morgan fingerprint density at radius 1 is 1.37 bits per heavy atom. The first-order valence-electron chi connectivity index (χ1n) is 7.74. The predicted octanol–water partition coefficient (Wildman–Crippen LogP) is -1.53. The molecule has 0 radical (unpaired) electrons. The number of nitrogens with zero attached hydrogens (tertiary/aromatic N) is 2. The fourth-order valence-electron chi connectivity index (χ4n) is 3.12. The number of ether oxygens (including phenoxy) is 1. The Kier molecular flexibility index (Phi) is 4.96. The van der Waals surface area contributed by atoms with E-state index in [0.717, 1.165) is 4.90 Å². The van der Waals surface area contributed by atoms with Crippen LogP contribution >= 0.6 is 0 Å². The fraction of sp³-hybridized carbons (Fsp3) is 0.429. The third kappa shape index (κ3) is 3.68. The molecule has 3 atom stereocenters. The van der Waals surface area contributed by atoms with Crippen LogP contribution in [0.15, 0.2) is 18.2 Å². The average molecular weight is 403 g/mol. The Bertz CT molecular complexity index is 875. The summed E-state index contributed by atoms with van der Waals surface area (Å²) in [6.45, 7) is -0.816. The van der Waals surface area contributed by atoms with Crippen molar-refractivity contribution in [3.63, 3.8) is 0 Å². The van der Waals surface area contributed by atoms with E-state index in [1.807, 2.05) is 0 Å². The van der Waals surface area contributed by atoms with Gasteiger partial charge in [0.15, 0.2) is 0 Å². The lowest BCUT2D eigenvalue weighted by molar-refractivity contribution is -0.122.